The van der Waals surface area contributed by atoms with Crippen molar-refractivity contribution in [2.45, 2.75) is 53.4 Å². The van der Waals surface area contributed by atoms with E-state index in [9.17, 15) is 9.59 Å². The highest BCUT2D eigenvalue weighted by Crippen LogP contribution is 2.27. The van der Waals surface area contributed by atoms with Crippen molar-refractivity contribution in [3.8, 4) is 0 Å². The molecule has 1 aliphatic rings. The summed E-state index contributed by atoms with van der Waals surface area (Å²) in [6.07, 6.45) is 6.77. The molecule has 0 aliphatic heterocycles. The molecule has 0 saturated heterocycles. The van der Waals surface area contributed by atoms with Crippen LogP contribution in [0.15, 0.2) is 12.2 Å². The van der Waals surface area contributed by atoms with Crippen molar-refractivity contribution in [3.63, 3.8) is 0 Å². The first-order valence-corrected chi connectivity index (χ1v) is 6.55. The second kappa shape index (κ2) is 5.61. The lowest BCUT2D eigenvalue weighted by Gasteiger charge is -2.21. The van der Waals surface area contributed by atoms with Crippen LogP contribution in [0.4, 0.5) is 0 Å². The van der Waals surface area contributed by atoms with Crippen LogP contribution < -0.4 is 0 Å². The minimum absolute atomic E-state index is 0.0110. The Hall–Kier alpha value is -0.920. The number of hydrogen-bond acceptors (Lipinski definition) is 2. The van der Waals surface area contributed by atoms with Gasteiger partial charge in [-0.05, 0) is 18.3 Å². The molecular formula is C15H24O2. The molecule has 0 heterocycles. The minimum Gasteiger partial charge on any atom is -0.299 e. The SMILES string of the molecule is CC1CC=CC(C)(C)CC(=O)C(C)CCC1=O. The number of ketones is 2. The second-order valence-corrected chi connectivity index (χ2v) is 6.08. The average Bonchev–Trinajstić information content (AvgIpc) is 2.23. The van der Waals surface area contributed by atoms with Crippen LogP contribution in [0, 0.1) is 17.3 Å². The van der Waals surface area contributed by atoms with Gasteiger partial charge in [0.25, 0.3) is 0 Å². The van der Waals surface area contributed by atoms with Gasteiger partial charge in [0.2, 0.25) is 0 Å². The quantitative estimate of drug-likeness (QED) is 0.603. The standard InChI is InChI=1S/C15H24O2/c1-11-6-5-9-15(3,4)10-14(17)12(2)7-8-13(11)16/h5,9,11-12H,6-8,10H2,1-4H3. The Labute approximate surface area is 104 Å². The number of carbonyl (C=O) groups excluding carboxylic acids is 2. The van der Waals surface area contributed by atoms with Gasteiger partial charge >= 0.3 is 0 Å². The van der Waals surface area contributed by atoms with Crippen LogP contribution in [-0.2, 0) is 9.59 Å². The Kier molecular flexibility index (Phi) is 4.67. The molecule has 0 aromatic heterocycles. The highest BCUT2D eigenvalue weighted by molar-refractivity contribution is 5.84. The van der Waals surface area contributed by atoms with E-state index in [0.717, 1.165) is 6.42 Å². The molecule has 0 amide bonds. The molecular weight excluding hydrogens is 212 g/mol. The largest absolute Gasteiger partial charge is 0.299 e. The lowest BCUT2D eigenvalue weighted by Crippen LogP contribution is -2.20. The molecule has 1 aliphatic carbocycles. The third kappa shape index (κ3) is 4.45. The summed E-state index contributed by atoms with van der Waals surface area (Å²) in [7, 11) is 0. The fourth-order valence-corrected chi connectivity index (χ4v) is 2.17. The summed E-state index contributed by atoms with van der Waals surface area (Å²) in [5.74, 6) is 0.662. The maximum Gasteiger partial charge on any atom is 0.136 e. The highest BCUT2D eigenvalue weighted by atomic mass is 16.1. The number of rotatable bonds is 0. The summed E-state index contributed by atoms with van der Waals surface area (Å²) in [5, 5.41) is 0. The van der Waals surface area contributed by atoms with Crippen LogP contribution >= 0.6 is 0 Å². The summed E-state index contributed by atoms with van der Waals surface area (Å²) in [6, 6.07) is 0. The van der Waals surface area contributed by atoms with Crippen LogP contribution in [0.3, 0.4) is 0 Å². The molecule has 0 fully saturated rings. The average molecular weight is 236 g/mol. The predicted molar refractivity (Wildman–Crippen MR) is 69.7 cm³/mol. The van der Waals surface area contributed by atoms with E-state index in [1.807, 2.05) is 13.8 Å². The molecule has 17 heavy (non-hydrogen) atoms. The van der Waals surface area contributed by atoms with Gasteiger partial charge in [0.1, 0.15) is 11.6 Å². The molecule has 0 radical (unpaired) electrons. The zero-order chi connectivity index (χ0) is 13.1. The third-order valence-corrected chi connectivity index (χ3v) is 3.61. The maximum atomic E-state index is 12.0. The first kappa shape index (κ1) is 14.1. The van der Waals surface area contributed by atoms with Crippen LogP contribution in [0.25, 0.3) is 0 Å². The van der Waals surface area contributed by atoms with Crippen molar-refractivity contribution in [3.05, 3.63) is 12.2 Å². The van der Waals surface area contributed by atoms with Gasteiger partial charge in [-0.1, -0.05) is 39.8 Å². The van der Waals surface area contributed by atoms with Crippen LogP contribution in [0.2, 0.25) is 0 Å². The van der Waals surface area contributed by atoms with E-state index in [2.05, 4.69) is 26.0 Å². The summed E-state index contributed by atoms with van der Waals surface area (Å²) < 4.78 is 0. The van der Waals surface area contributed by atoms with Gasteiger partial charge < -0.3 is 0 Å². The Bertz CT molecular complexity index is 326. The zero-order valence-electron chi connectivity index (χ0n) is 11.5. The summed E-state index contributed by atoms with van der Waals surface area (Å²) in [6.45, 7) is 8.08. The van der Waals surface area contributed by atoms with E-state index in [1.54, 1.807) is 0 Å². The van der Waals surface area contributed by atoms with Gasteiger partial charge in [-0.25, -0.2) is 0 Å². The van der Waals surface area contributed by atoms with Gasteiger partial charge in [-0.2, -0.15) is 0 Å². The molecule has 2 atom stereocenters. The topological polar surface area (TPSA) is 34.1 Å². The zero-order valence-corrected chi connectivity index (χ0v) is 11.5. The minimum atomic E-state index is -0.0849. The summed E-state index contributed by atoms with van der Waals surface area (Å²) in [5.41, 5.74) is -0.0849. The molecule has 1 rings (SSSR count). The number of allylic oxidation sites excluding steroid dienone is 2. The Morgan fingerprint density at radius 3 is 2.41 bits per heavy atom. The molecule has 2 unspecified atom stereocenters. The van der Waals surface area contributed by atoms with E-state index in [4.69, 9.17) is 0 Å². The molecule has 2 nitrogen and oxygen atoms in total. The van der Waals surface area contributed by atoms with Crippen molar-refractivity contribution in [1.29, 1.82) is 0 Å². The normalized spacial score (nSPS) is 31.1. The lowest BCUT2D eigenvalue weighted by atomic mass is 9.83. The molecule has 0 spiro atoms. The molecule has 0 bridgehead atoms. The van der Waals surface area contributed by atoms with E-state index in [-0.39, 0.29) is 28.8 Å². The van der Waals surface area contributed by atoms with E-state index in [1.165, 1.54) is 0 Å². The smallest absolute Gasteiger partial charge is 0.136 e. The van der Waals surface area contributed by atoms with Crippen LogP contribution in [0.1, 0.15) is 53.4 Å². The molecule has 0 aromatic carbocycles. The van der Waals surface area contributed by atoms with Crippen molar-refractivity contribution >= 4 is 11.6 Å². The Morgan fingerprint density at radius 2 is 1.76 bits per heavy atom. The molecule has 2 heteroatoms. The first-order chi connectivity index (χ1) is 7.82. The van der Waals surface area contributed by atoms with Crippen molar-refractivity contribution in [1.82, 2.24) is 0 Å². The van der Waals surface area contributed by atoms with E-state index >= 15 is 0 Å². The van der Waals surface area contributed by atoms with Crippen molar-refractivity contribution in [2.75, 3.05) is 0 Å². The number of hydrogen-bond donors (Lipinski definition) is 0. The highest BCUT2D eigenvalue weighted by Gasteiger charge is 2.24. The molecule has 0 saturated carbocycles. The van der Waals surface area contributed by atoms with Crippen LogP contribution in [0.5, 0.6) is 0 Å². The lowest BCUT2D eigenvalue weighted by molar-refractivity contribution is -0.125. The van der Waals surface area contributed by atoms with Crippen LogP contribution in [-0.4, -0.2) is 11.6 Å². The maximum absolute atomic E-state index is 12.0. The fourth-order valence-electron chi connectivity index (χ4n) is 2.17. The second-order valence-electron chi connectivity index (χ2n) is 6.08. The van der Waals surface area contributed by atoms with Gasteiger partial charge in [0, 0.05) is 24.7 Å². The molecule has 0 aromatic rings. The Balaban J connectivity index is 2.84. The summed E-state index contributed by atoms with van der Waals surface area (Å²) >= 11 is 0. The van der Waals surface area contributed by atoms with Gasteiger partial charge in [-0.15, -0.1) is 0 Å². The van der Waals surface area contributed by atoms with Gasteiger partial charge in [0.15, 0.2) is 0 Å². The third-order valence-electron chi connectivity index (χ3n) is 3.61. The fraction of sp³-hybridized carbons (Fsp3) is 0.733. The van der Waals surface area contributed by atoms with E-state index in [0.29, 0.717) is 19.3 Å². The predicted octanol–water partition coefficient (Wildman–Crippen LogP) is 3.55. The van der Waals surface area contributed by atoms with Crippen molar-refractivity contribution < 1.29 is 9.59 Å². The monoisotopic (exact) mass is 236 g/mol. The van der Waals surface area contributed by atoms with Gasteiger partial charge in [-0.3, -0.25) is 9.59 Å². The first-order valence-electron chi connectivity index (χ1n) is 6.55. The molecule has 96 valence electrons. The summed E-state index contributed by atoms with van der Waals surface area (Å²) in [4.78, 5) is 23.8. The number of carbonyl (C=O) groups is 2. The van der Waals surface area contributed by atoms with Gasteiger partial charge in [0.05, 0.1) is 0 Å². The molecule has 0 N–H and O–H groups in total. The van der Waals surface area contributed by atoms with E-state index < -0.39 is 0 Å². The van der Waals surface area contributed by atoms with Crippen molar-refractivity contribution in [2.24, 2.45) is 17.3 Å². The Morgan fingerprint density at radius 1 is 1.12 bits per heavy atom. The number of Topliss-reactive ketones (excluding diaryl/α,β-unsaturated/α-hetero) is 2.